The first-order chi connectivity index (χ1) is 11.8. The van der Waals surface area contributed by atoms with Gasteiger partial charge in [-0.3, -0.25) is 4.79 Å². The highest BCUT2D eigenvalue weighted by Crippen LogP contribution is 2.22. The molecule has 0 saturated carbocycles. The van der Waals surface area contributed by atoms with Gasteiger partial charge in [0.05, 0.1) is 18.7 Å². The third-order valence-electron chi connectivity index (χ3n) is 4.82. The van der Waals surface area contributed by atoms with Gasteiger partial charge in [-0.05, 0) is 6.42 Å². The zero-order chi connectivity index (χ0) is 16.5. The second-order valence-corrected chi connectivity index (χ2v) is 6.27. The van der Waals surface area contributed by atoms with E-state index < -0.39 is 0 Å². The van der Waals surface area contributed by atoms with Crippen LogP contribution in [0.15, 0.2) is 30.3 Å². The first kappa shape index (κ1) is 15.3. The van der Waals surface area contributed by atoms with Gasteiger partial charge in [0.2, 0.25) is 5.91 Å². The first-order valence-corrected chi connectivity index (χ1v) is 8.28. The molecule has 4 rings (SSSR count). The highest BCUT2D eigenvalue weighted by Gasteiger charge is 2.34. The predicted octanol–water partition coefficient (Wildman–Crippen LogP) is 0.664. The molecule has 2 aliphatic heterocycles. The van der Waals surface area contributed by atoms with Crippen LogP contribution >= 0.6 is 0 Å². The third kappa shape index (κ3) is 2.70. The van der Waals surface area contributed by atoms with Gasteiger partial charge in [0.25, 0.3) is 0 Å². The number of benzene rings is 1. The molecule has 0 bridgehead atoms. The number of aromatic nitrogens is 3. The average molecular weight is 327 g/mol. The molecule has 2 aromatic rings. The SMILES string of the molecule is CO[C@@H]1CN[C@@H](C(=O)N2CCn3c(nnc3-c3ccccc3)C2)C1. The van der Waals surface area contributed by atoms with Crippen LogP contribution in [-0.2, 0) is 22.6 Å². The van der Waals surface area contributed by atoms with Gasteiger partial charge in [0.15, 0.2) is 11.6 Å². The quantitative estimate of drug-likeness (QED) is 0.897. The van der Waals surface area contributed by atoms with E-state index in [1.54, 1.807) is 7.11 Å². The zero-order valence-corrected chi connectivity index (χ0v) is 13.7. The molecular weight excluding hydrogens is 306 g/mol. The molecule has 3 heterocycles. The van der Waals surface area contributed by atoms with E-state index in [2.05, 4.69) is 20.1 Å². The van der Waals surface area contributed by atoms with Crippen LogP contribution < -0.4 is 5.32 Å². The van der Waals surface area contributed by atoms with Gasteiger partial charge in [-0.1, -0.05) is 30.3 Å². The number of fused-ring (bicyclic) bond motifs is 1. The molecule has 0 unspecified atom stereocenters. The van der Waals surface area contributed by atoms with Crippen LogP contribution in [0.3, 0.4) is 0 Å². The molecule has 0 spiro atoms. The smallest absolute Gasteiger partial charge is 0.240 e. The number of ether oxygens (including phenoxy) is 1. The molecule has 1 aromatic heterocycles. The number of hydrogen-bond acceptors (Lipinski definition) is 5. The van der Waals surface area contributed by atoms with Crippen LogP contribution in [0.25, 0.3) is 11.4 Å². The normalized spacial score (nSPS) is 23.3. The number of carbonyl (C=O) groups is 1. The van der Waals surface area contributed by atoms with Gasteiger partial charge in [-0.2, -0.15) is 0 Å². The summed E-state index contributed by atoms with van der Waals surface area (Å²) < 4.78 is 7.44. The van der Waals surface area contributed by atoms with E-state index in [0.717, 1.165) is 36.7 Å². The molecule has 0 aliphatic carbocycles. The van der Waals surface area contributed by atoms with Crippen molar-refractivity contribution >= 4 is 5.91 Å². The van der Waals surface area contributed by atoms with Gasteiger partial charge in [-0.15, -0.1) is 10.2 Å². The van der Waals surface area contributed by atoms with E-state index >= 15 is 0 Å². The summed E-state index contributed by atoms with van der Waals surface area (Å²) in [5, 5.41) is 11.9. The highest BCUT2D eigenvalue weighted by molar-refractivity contribution is 5.82. The van der Waals surface area contributed by atoms with Crippen molar-refractivity contribution in [2.24, 2.45) is 0 Å². The minimum Gasteiger partial charge on any atom is -0.380 e. The third-order valence-corrected chi connectivity index (χ3v) is 4.82. The Bertz CT molecular complexity index is 730. The Morgan fingerprint density at radius 3 is 2.83 bits per heavy atom. The molecule has 1 saturated heterocycles. The first-order valence-electron chi connectivity index (χ1n) is 8.28. The molecule has 2 atom stereocenters. The summed E-state index contributed by atoms with van der Waals surface area (Å²) in [5.41, 5.74) is 1.05. The molecule has 7 heteroatoms. The molecule has 1 N–H and O–H groups in total. The van der Waals surface area contributed by atoms with E-state index in [0.29, 0.717) is 13.1 Å². The zero-order valence-electron chi connectivity index (χ0n) is 13.7. The summed E-state index contributed by atoms with van der Waals surface area (Å²) in [6.07, 6.45) is 0.852. The van der Waals surface area contributed by atoms with Gasteiger partial charge in [0, 0.05) is 32.3 Å². The Kier molecular flexibility index (Phi) is 4.03. The van der Waals surface area contributed by atoms with Crippen LogP contribution in [0.2, 0.25) is 0 Å². The molecule has 126 valence electrons. The largest absolute Gasteiger partial charge is 0.380 e. The Morgan fingerprint density at radius 1 is 1.25 bits per heavy atom. The fourth-order valence-electron chi connectivity index (χ4n) is 3.44. The fourth-order valence-corrected chi connectivity index (χ4v) is 3.44. The van der Waals surface area contributed by atoms with Crippen LogP contribution in [-0.4, -0.2) is 57.9 Å². The van der Waals surface area contributed by atoms with Crippen LogP contribution in [0.4, 0.5) is 0 Å². The summed E-state index contributed by atoms with van der Waals surface area (Å²) in [4.78, 5) is 14.6. The number of rotatable bonds is 3. The Balaban J connectivity index is 1.49. The maximum Gasteiger partial charge on any atom is 0.240 e. The standard InChI is InChI=1S/C17H21N5O2/c1-24-13-9-14(18-10-13)17(23)21-7-8-22-15(11-21)19-20-16(22)12-5-3-2-4-6-12/h2-6,13-14,18H,7-11H2,1H3/t13-,14+/m0/s1. The van der Waals surface area contributed by atoms with E-state index in [4.69, 9.17) is 4.74 Å². The number of nitrogens with one attached hydrogen (secondary N) is 1. The Hall–Kier alpha value is -2.25. The monoisotopic (exact) mass is 327 g/mol. The number of hydrogen-bond donors (Lipinski definition) is 1. The van der Waals surface area contributed by atoms with E-state index in [9.17, 15) is 4.79 Å². The number of nitrogens with zero attached hydrogens (tertiary/aromatic N) is 4. The number of methoxy groups -OCH3 is 1. The van der Waals surface area contributed by atoms with Crippen molar-refractivity contribution in [2.45, 2.75) is 31.7 Å². The minimum absolute atomic E-state index is 0.122. The van der Waals surface area contributed by atoms with E-state index in [-0.39, 0.29) is 18.1 Å². The summed E-state index contributed by atoms with van der Waals surface area (Å²) in [5.74, 6) is 1.84. The predicted molar refractivity (Wildman–Crippen MR) is 88.1 cm³/mol. The molecular formula is C17H21N5O2. The summed E-state index contributed by atoms with van der Waals surface area (Å²) in [6, 6.07) is 9.88. The van der Waals surface area contributed by atoms with Crippen molar-refractivity contribution in [3.8, 4) is 11.4 Å². The van der Waals surface area contributed by atoms with Crippen molar-refractivity contribution in [1.82, 2.24) is 25.0 Å². The van der Waals surface area contributed by atoms with Crippen molar-refractivity contribution in [2.75, 3.05) is 20.2 Å². The lowest BCUT2D eigenvalue weighted by Gasteiger charge is -2.30. The van der Waals surface area contributed by atoms with E-state index in [1.165, 1.54) is 0 Å². The molecule has 1 fully saturated rings. The molecule has 7 nitrogen and oxygen atoms in total. The van der Waals surface area contributed by atoms with Crippen LogP contribution in [0.1, 0.15) is 12.2 Å². The van der Waals surface area contributed by atoms with Gasteiger partial charge >= 0.3 is 0 Å². The lowest BCUT2D eigenvalue weighted by Crippen LogP contribution is -2.46. The van der Waals surface area contributed by atoms with Gasteiger partial charge < -0.3 is 19.5 Å². The maximum absolute atomic E-state index is 12.7. The number of amides is 1. The summed E-state index contributed by atoms with van der Waals surface area (Å²) in [7, 11) is 1.69. The summed E-state index contributed by atoms with van der Waals surface area (Å²) in [6.45, 7) is 2.64. The minimum atomic E-state index is -0.155. The highest BCUT2D eigenvalue weighted by atomic mass is 16.5. The van der Waals surface area contributed by atoms with Crippen LogP contribution in [0, 0.1) is 0 Å². The van der Waals surface area contributed by atoms with Crippen molar-refractivity contribution in [3.05, 3.63) is 36.2 Å². The summed E-state index contributed by atoms with van der Waals surface area (Å²) >= 11 is 0. The molecule has 1 aromatic carbocycles. The van der Waals surface area contributed by atoms with Crippen molar-refractivity contribution in [1.29, 1.82) is 0 Å². The van der Waals surface area contributed by atoms with E-state index in [1.807, 2.05) is 35.2 Å². The molecule has 0 radical (unpaired) electrons. The second kappa shape index (κ2) is 6.33. The maximum atomic E-state index is 12.7. The van der Waals surface area contributed by atoms with Gasteiger partial charge in [0.1, 0.15) is 0 Å². The average Bonchev–Trinajstić information content (AvgIpc) is 3.28. The second-order valence-electron chi connectivity index (χ2n) is 6.27. The molecule has 2 aliphatic rings. The number of carbonyl (C=O) groups excluding carboxylic acids is 1. The lowest BCUT2D eigenvalue weighted by molar-refractivity contribution is -0.134. The fraction of sp³-hybridized carbons (Fsp3) is 0.471. The van der Waals surface area contributed by atoms with Crippen molar-refractivity contribution in [3.63, 3.8) is 0 Å². The Morgan fingerprint density at radius 2 is 2.08 bits per heavy atom. The molecule has 24 heavy (non-hydrogen) atoms. The van der Waals surface area contributed by atoms with Crippen LogP contribution in [0.5, 0.6) is 0 Å². The lowest BCUT2D eigenvalue weighted by atomic mass is 10.1. The van der Waals surface area contributed by atoms with Gasteiger partial charge in [-0.25, -0.2) is 0 Å². The van der Waals surface area contributed by atoms with Crippen molar-refractivity contribution < 1.29 is 9.53 Å². The molecule has 1 amide bonds. The Labute approximate surface area is 140 Å². The topological polar surface area (TPSA) is 72.3 Å².